The van der Waals surface area contributed by atoms with Gasteiger partial charge in [-0.2, -0.15) is 13.2 Å². The molecule has 8 nitrogen and oxygen atoms in total. The summed E-state index contributed by atoms with van der Waals surface area (Å²) in [7, 11) is -6.06. The molecule has 0 bridgehead atoms. The molecule has 170 valence electrons. The van der Waals surface area contributed by atoms with Crippen molar-refractivity contribution in [3.8, 4) is 0 Å². The number of carbonyl (C=O) groups is 1. The summed E-state index contributed by atoms with van der Waals surface area (Å²) in [6, 6.07) is 10.7. The van der Waals surface area contributed by atoms with Gasteiger partial charge in [-0.25, -0.2) is 26.3 Å². The summed E-state index contributed by atoms with van der Waals surface area (Å²) in [5.41, 5.74) is 0.994. The Kier molecular flexibility index (Phi) is 7.81. The molecule has 0 aliphatic heterocycles. The van der Waals surface area contributed by atoms with Crippen molar-refractivity contribution in [1.82, 2.24) is 14.8 Å². The molecule has 2 rings (SSSR count). The minimum Gasteiger partial charge on any atom is -0.343 e. The Morgan fingerprint density at radius 2 is 1.45 bits per heavy atom. The quantitative estimate of drug-likeness (QED) is 0.503. The molecule has 0 spiro atoms. The van der Waals surface area contributed by atoms with Gasteiger partial charge < -0.3 is 5.32 Å². The minimum absolute atomic E-state index is 0.0742. The standard InChI is InChI=1S/C18H20F3N3O5S2/c1-22-30(26,27)11-14-4-2-13(3-5-14)10-24-31(28,29)16-8-6-15(7-9-16)17(25)23-12-18(19,20)21/h2-9,22,24H,10-12H2,1H3,(H,23,25). The van der Waals surface area contributed by atoms with Gasteiger partial charge in [0, 0.05) is 12.1 Å². The van der Waals surface area contributed by atoms with Gasteiger partial charge in [0.25, 0.3) is 5.91 Å². The SMILES string of the molecule is CNS(=O)(=O)Cc1ccc(CNS(=O)(=O)c2ccc(C(=O)NCC(F)(F)F)cc2)cc1. The lowest BCUT2D eigenvalue weighted by Crippen LogP contribution is -2.33. The van der Waals surface area contributed by atoms with Crippen LogP contribution < -0.4 is 14.8 Å². The van der Waals surface area contributed by atoms with Crippen molar-refractivity contribution in [3.05, 3.63) is 65.2 Å². The van der Waals surface area contributed by atoms with Gasteiger partial charge in [0.1, 0.15) is 6.54 Å². The number of rotatable bonds is 9. The van der Waals surface area contributed by atoms with Crippen LogP contribution in [0.25, 0.3) is 0 Å². The van der Waals surface area contributed by atoms with E-state index in [-0.39, 0.29) is 22.8 Å². The van der Waals surface area contributed by atoms with Crippen molar-refractivity contribution in [3.63, 3.8) is 0 Å². The van der Waals surface area contributed by atoms with Crippen molar-refractivity contribution in [1.29, 1.82) is 0 Å². The highest BCUT2D eigenvalue weighted by molar-refractivity contribution is 7.89. The molecule has 3 N–H and O–H groups in total. The Morgan fingerprint density at radius 1 is 0.903 bits per heavy atom. The van der Waals surface area contributed by atoms with E-state index in [0.717, 1.165) is 24.3 Å². The second-order valence-electron chi connectivity index (χ2n) is 6.43. The van der Waals surface area contributed by atoms with E-state index in [2.05, 4.69) is 9.44 Å². The average molecular weight is 480 g/mol. The molecule has 2 aromatic rings. The van der Waals surface area contributed by atoms with E-state index < -0.39 is 38.7 Å². The third kappa shape index (κ3) is 7.94. The minimum atomic E-state index is -4.55. The summed E-state index contributed by atoms with van der Waals surface area (Å²) in [4.78, 5) is 11.5. The molecule has 0 saturated carbocycles. The van der Waals surface area contributed by atoms with E-state index in [1.807, 2.05) is 0 Å². The van der Waals surface area contributed by atoms with Crippen LogP contribution in [0.15, 0.2) is 53.4 Å². The maximum Gasteiger partial charge on any atom is 0.405 e. The lowest BCUT2D eigenvalue weighted by molar-refractivity contribution is -0.123. The van der Waals surface area contributed by atoms with Crippen LogP contribution in [0.1, 0.15) is 21.5 Å². The highest BCUT2D eigenvalue weighted by Crippen LogP contribution is 2.15. The second kappa shape index (κ2) is 9.77. The number of sulfonamides is 2. The fourth-order valence-corrected chi connectivity index (χ4v) is 4.17. The fourth-order valence-electron chi connectivity index (χ4n) is 2.37. The van der Waals surface area contributed by atoms with E-state index in [0.29, 0.717) is 11.1 Å². The number of alkyl halides is 3. The largest absolute Gasteiger partial charge is 0.405 e. The van der Waals surface area contributed by atoms with Crippen LogP contribution in [-0.2, 0) is 32.3 Å². The van der Waals surface area contributed by atoms with Crippen molar-refractivity contribution >= 4 is 26.0 Å². The second-order valence-corrected chi connectivity index (χ2v) is 10.1. The third-order valence-electron chi connectivity index (χ3n) is 4.03. The molecular weight excluding hydrogens is 459 g/mol. The molecule has 2 aromatic carbocycles. The number of carbonyl (C=O) groups excluding carboxylic acids is 1. The third-order valence-corrected chi connectivity index (χ3v) is 6.79. The van der Waals surface area contributed by atoms with Crippen LogP contribution in [0.4, 0.5) is 13.2 Å². The average Bonchev–Trinajstić information content (AvgIpc) is 2.71. The molecule has 0 unspecified atom stereocenters. The van der Waals surface area contributed by atoms with Crippen molar-refractivity contribution in [2.45, 2.75) is 23.4 Å². The predicted molar refractivity (Wildman–Crippen MR) is 107 cm³/mol. The Balaban J connectivity index is 1.99. The van der Waals surface area contributed by atoms with Gasteiger partial charge >= 0.3 is 6.18 Å². The van der Waals surface area contributed by atoms with Gasteiger partial charge in [0.15, 0.2) is 0 Å². The molecule has 0 aromatic heterocycles. The van der Waals surface area contributed by atoms with E-state index >= 15 is 0 Å². The number of amides is 1. The Morgan fingerprint density at radius 3 is 1.97 bits per heavy atom. The fraction of sp³-hybridized carbons (Fsp3) is 0.278. The summed E-state index contributed by atoms with van der Waals surface area (Å²) in [6.45, 7) is -1.57. The van der Waals surface area contributed by atoms with E-state index in [1.165, 1.54) is 7.05 Å². The van der Waals surface area contributed by atoms with Gasteiger partial charge in [0.05, 0.1) is 10.6 Å². The number of nitrogens with one attached hydrogen (secondary N) is 3. The summed E-state index contributed by atoms with van der Waals surface area (Å²) < 4.78 is 88.9. The molecule has 1 amide bonds. The molecule has 13 heteroatoms. The smallest absolute Gasteiger partial charge is 0.343 e. The van der Waals surface area contributed by atoms with Crippen molar-refractivity contribution in [2.24, 2.45) is 0 Å². The van der Waals surface area contributed by atoms with Gasteiger partial charge in [-0.1, -0.05) is 24.3 Å². The zero-order chi connectivity index (χ0) is 23.3. The zero-order valence-corrected chi connectivity index (χ0v) is 17.9. The van der Waals surface area contributed by atoms with Crippen molar-refractivity contribution < 1.29 is 34.8 Å². The number of benzene rings is 2. The Labute approximate surface area is 178 Å². The summed E-state index contributed by atoms with van der Waals surface area (Å²) in [5.74, 6) is -1.19. The Hall–Kier alpha value is -2.48. The maximum atomic E-state index is 12.4. The molecular formula is C18H20F3N3O5S2. The first-order chi connectivity index (χ1) is 14.3. The molecule has 0 atom stereocenters. The molecule has 0 saturated heterocycles. The summed E-state index contributed by atoms with van der Waals surface area (Å²) >= 11 is 0. The maximum absolute atomic E-state index is 12.4. The lowest BCUT2D eigenvalue weighted by atomic mass is 10.1. The van der Waals surface area contributed by atoms with E-state index in [1.54, 1.807) is 29.6 Å². The van der Waals surface area contributed by atoms with Crippen LogP contribution in [0.3, 0.4) is 0 Å². The molecule has 0 radical (unpaired) electrons. The van der Waals surface area contributed by atoms with Crippen LogP contribution in [0.2, 0.25) is 0 Å². The summed E-state index contributed by atoms with van der Waals surface area (Å²) in [5, 5.41) is 1.70. The number of hydrogen-bond acceptors (Lipinski definition) is 5. The molecule has 0 fully saturated rings. The molecule has 0 aliphatic carbocycles. The first-order valence-electron chi connectivity index (χ1n) is 8.75. The molecule has 31 heavy (non-hydrogen) atoms. The first-order valence-corrected chi connectivity index (χ1v) is 11.9. The van der Waals surface area contributed by atoms with Gasteiger partial charge in [-0.15, -0.1) is 0 Å². The van der Waals surface area contributed by atoms with E-state index in [4.69, 9.17) is 0 Å². The van der Waals surface area contributed by atoms with Gasteiger partial charge in [-0.3, -0.25) is 4.79 Å². The number of hydrogen-bond donors (Lipinski definition) is 3. The van der Waals surface area contributed by atoms with Crippen LogP contribution in [0, 0.1) is 0 Å². The monoisotopic (exact) mass is 479 g/mol. The predicted octanol–water partition coefficient (Wildman–Crippen LogP) is 1.51. The zero-order valence-electron chi connectivity index (χ0n) is 16.2. The first kappa shape index (κ1) is 24.8. The summed E-state index contributed by atoms with van der Waals surface area (Å²) in [6.07, 6.45) is -4.55. The highest BCUT2D eigenvalue weighted by atomic mass is 32.2. The Bertz CT molecular complexity index is 1120. The van der Waals surface area contributed by atoms with Crippen LogP contribution >= 0.6 is 0 Å². The molecule has 0 heterocycles. The highest BCUT2D eigenvalue weighted by Gasteiger charge is 2.28. The van der Waals surface area contributed by atoms with Gasteiger partial charge in [-0.05, 0) is 42.4 Å². The lowest BCUT2D eigenvalue weighted by Gasteiger charge is -2.10. The van der Waals surface area contributed by atoms with Crippen molar-refractivity contribution in [2.75, 3.05) is 13.6 Å². The topological polar surface area (TPSA) is 121 Å². The van der Waals surface area contributed by atoms with Crippen LogP contribution in [0.5, 0.6) is 0 Å². The molecule has 0 aliphatic rings. The van der Waals surface area contributed by atoms with Gasteiger partial charge in [0.2, 0.25) is 20.0 Å². The number of halogens is 3. The van der Waals surface area contributed by atoms with E-state index in [9.17, 15) is 34.8 Å². The normalized spacial score (nSPS) is 12.5. The van der Waals surface area contributed by atoms with Crippen LogP contribution in [-0.4, -0.2) is 42.5 Å².